The number of hydrogen-bond donors (Lipinski definition) is 3. The van der Waals surface area contributed by atoms with Crippen molar-refractivity contribution in [2.75, 3.05) is 0 Å². The van der Waals surface area contributed by atoms with Crippen LogP contribution in [0, 0.1) is 13.8 Å². The summed E-state index contributed by atoms with van der Waals surface area (Å²) in [5.41, 5.74) is 6.40. The Hall–Kier alpha value is -3.87. The highest BCUT2D eigenvalue weighted by atomic mass is 16.5. The molecule has 1 aromatic carbocycles. The van der Waals surface area contributed by atoms with E-state index in [1.807, 2.05) is 32.2 Å². The molecule has 0 aliphatic rings. The first-order chi connectivity index (χ1) is 13.5. The summed E-state index contributed by atoms with van der Waals surface area (Å²) >= 11 is 0. The maximum atomic E-state index is 11.4. The molecule has 0 atom stereocenters. The number of benzene rings is 1. The largest absolute Gasteiger partial charge is 0.478 e. The number of carbonyl (C=O) groups is 1. The van der Waals surface area contributed by atoms with Crippen molar-refractivity contribution < 1.29 is 14.4 Å². The summed E-state index contributed by atoms with van der Waals surface area (Å²) in [7, 11) is 0. The van der Waals surface area contributed by atoms with E-state index in [2.05, 4.69) is 20.1 Å². The normalized spacial score (nSPS) is 11.5. The Morgan fingerprint density at radius 1 is 1.11 bits per heavy atom. The minimum Gasteiger partial charge on any atom is -0.478 e. The highest BCUT2D eigenvalue weighted by molar-refractivity contribution is 6.03. The lowest BCUT2D eigenvalue weighted by Crippen LogP contribution is -1.94. The zero-order valence-electron chi connectivity index (χ0n) is 15.2. The van der Waals surface area contributed by atoms with Gasteiger partial charge in [-0.2, -0.15) is 0 Å². The summed E-state index contributed by atoms with van der Waals surface area (Å²) in [5, 5.41) is 15.2. The Labute approximate surface area is 159 Å². The van der Waals surface area contributed by atoms with Gasteiger partial charge in [-0.1, -0.05) is 5.16 Å². The molecule has 28 heavy (non-hydrogen) atoms. The molecule has 0 spiro atoms. The van der Waals surface area contributed by atoms with Gasteiger partial charge in [-0.3, -0.25) is 0 Å². The number of aromatic carboxylic acids is 1. The molecule has 4 aromatic heterocycles. The number of rotatable bonds is 3. The van der Waals surface area contributed by atoms with Gasteiger partial charge in [-0.15, -0.1) is 0 Å². The smallest absolute Gasteiger partial charge is 0.335 e. The summed E-state index contributed by atoms with van der Waals surface area (Å²) in [4.78, 5) is 22.4. The number of carboxylic acid groups (broad SMARTS) is 1. The van der Waals surface area contributed by atoms with Crippen molar-refractivity contribution in [3.8, 4) is 22.4 Å². The lowest BCUT2D eigenvalue weighted by atomic mass is 10.0. The van der Waals surface area contributed by atoms with Crippen LogP contribution in [0.3, 0.4) is 0 Å². The zero-order valence-corrected chi connectivity index (χ0v) is 15.2. The van der Waals surface area contributed by atoms with E-state index in [1.54, 1.807) is 24.4 Å². The zero-order chi connectivity index (χ0) is 19.4. The van der Waals surface area contributed by atoms with E-state index in [4.69, 9.17) is 4.52 Å². The Morgan fingerprint density at radius 2 is 1.96 bits per heavy atom. The molecule has 0 bridgehead atoms. The summed E-state index contributed by atoms with van der Waals surface area (Å²) in [5.74, 6) is -0.195. The molecule has 5 aromatic rings. The van der Waals surface area contributed by atoms with Crippen LogP contribution >= 0.6 is 0 Å². The first kappa shape index (κ1) is 16.3. The van der Waals surface area contributed by atoms with E-state index >= 15 is 0 Å². The minimum absolute atomic E-state index is 0.249. The maximum absolute atomic E-state index is 11.4. The van der Waals surface area contributed by atoms with Crippen LogP contribution in [0.15, 0.2) is 47.2 Å². The van der Waals surface area contributed by atoms with Crippen LogP contribution in [0.4, 0.5) is 0 Å². The van der Waals surface area contributed by atoms with Gasteiger partial charge in [0.25, 0.3) is 0 Å². The van der Waals surface area contributed by atoms with E-state index in [1.165, 1.54) is 0 Å². The van der Waals surface area contributed by atoms with E-state index in [-0.39, 0.29) is 5.56 Å². The van der Waals surface area contributed by atoms with Crippen molar-refractivity contribution in [2.45, 2.75) is 13.8 Å². The fourth-order valence-corrected chi connectivity index (χ4v) is 3.73. The third-order valence-electron chi connectivity index (χ3n) is 5.05. The van der Waals surface area contributed by atoms with Crippen molar-refractivity contribution in [2.24, 2.45) is 0 Å². The number of carboxylic acids is 1. The topological polar surface area (TPSA) is 108 Å². The third-order valence-corrected chi connectivity index (χ3v) is 5.05. The first-order valence-electron chi connectivity index (χ1n) is 8.78. The summed E-state index contributed by atoms with van der Waals surface area (Å²) in [6.07, 6.45) is 3.62. The standard InChI is InChI=1S/C21H16N4O3/c1-10-19(11(2)28-25-10)13-5-6-22-20-15(13)8-18(24-20)16-9-23-17-4-3-12(21(26)27)7-14(16)17/h3-9,23H,1-2H3,(H,22,24)(H,26,27). The molecular weight excluding hydrogens is 356 g/mol. The van der Waals surface area contributed by atoms with Gasteiger partial charge in [-0.25, -0.2) is 9.78 Å². The summed E-state index contributed by atoms with van der Waals surface area (Å²) < 4.78 is 5.33. The SMILES string of the molecule is Cc1noc(C)c1-c1ccnc2[nH]c(-c3c[nH]c4ccc(C(=O)O)cc34)cc12. The Bertz CT molecular complexity index is 1350. The molecule has 0 aliphatic heterocycles. The van der Waals surface area contributed by atoms with Crippen molar-refractivity contribution in [3.05, 3.63) is 59.7 Å². The number of nitrogens with one attached hydrogen (secondary N) is 2. The average molecular weight is 372 g/mol. The quantitative estimate of drug-likeness (QED) is 0.426. The van der Waals surface area contributed by atoms with Gasteiger partial charge in [0.05, 0.1) is 11.3 Å². The summed E-state index contributed by atoms with van der Waals surface area (Å²) in [6, 6.07) is 9.02. The van der Waals surface area contributed by atoms with Crippen LogP contribution in [0.25, 0.3) is 44.3 Å². The third kappa shape index (κ3) is 2.33. The monoisotopic (exact) mass is 372 g/mol. The first-order valence-corrected chi connectivity index (χ1v) is 8.78. The average Bonchev–Trinajstić information content (AvgIpc) is 3.37. The molecule has 5 rings (SSSR count). The van der Waals surface area contributed by atoms with Gasteiger partial charge < -0.3 is 19.6 Å². The second-order valence-corrected chi connectivity index (χ2v) is 6.77. The highest BCUT2D eigenvalue weighted by Gasteiger charge is 2.18. The molecule has 0 fully saturated rings. The lowest BCUT2D eigenvalue weighted by Gasteiger charge is -2.01. The van der Waals surface area contributed by atoms with Crippen LogP contribution < -0.4 is 0 Å². The molecule has 0 saturated heterocycles. The molecule has 7 heteroatoms. The Kier molecular flexibility index (Phi) is 3.39. The predicted molar refractivity (Wildman–Crippen MR) is 105 cm³/mol. The van der Waals surface area contributed by atoms with Gasteiger partial charge in [-0.05, 0) is 49.7 Å². The molecule has 138 valence electrons. The number of fused-ring (bicyclic) bond motifs is 2. The maximum Gasteiger partial charge on any atom is 0.335 e. The fourth-order valence-electron chi connectivity index (χ4n) is 3.73. The van der Waals surface area contributed by atoms with E-state index in [9.17, 15) is 9.90 Å². The molecule has 0 unspecified atom stereocenters. The number of hydrogen-bond acceptors (Lipinski definition) is 4. The van der Waals surface area contributed by atoms with Gasteiger partial charge in [0, 0.05) is 45.5 Å². The van der Waals surface area contributed by atoms with Crippen molar-refractivity contribution in [3.63, 3.8) is 0 Å². The van der Waals surface area contributed by atoms with E-state index < -0.39 is 5.97 Å². The van der Waals surface area contributed by atoms with E-state index in [0.717, 1.165) is 55.8 Å². The minimum atomic E-state index is -0.951. The summed E-state index contributed by atoms with van der Waals surface area (Å²) in [6.45, 7) is 3.81. The molecule has 0 aliphatic carbocycles. The number of nitrogens with zero attached hydrogens (tertiary/aromatic N) is 2. The molecule has 3 N–H and O–H groups in total. The number of pyridine rings is 1. The molecule has 0 amide bonds. The fraction of sp³-hybridized carbons (Fsp3) is 0.0952. The van der Waals surface area contributed by atoms with Gasteiger partial charge >= 0.3 is 5.97 Å². The highest BCUT2D eigenvalue weighted by Crippen LogP contribution is 2.36. The van der Waals surface area contributed by atoms with Crippen molar-refractivity contribution >= 4 is 27.9 Å². The molecule has 7 nitrogen and oxygen atoms in total. The predicted octanol–water partition coefficient (Wildman–Crippen LogP) is 4.68. The van der Waals surface area contributed by atoms with E-state index in [0.29, 0.717) is 0 Å². The van der Waals surface area contributed by atoms with Crippen LogP contribution in [-0.4, -0.2) is 31.2 Å². The van der Waals surface area contributed by atoms with Crippen LogP contribution in [0.5, 0.6) is 0 Å². The second-order valence-electron chi connectivity index (χ2n) is 6.77. The number of aromatic nitrogens is 4. The molecular formula is C21H16N4O3. The molecule has 4 heterocycles. The lowest BCUT2D eigenvalue weighted by molar-refractivity contribution is 0.0697. The van der Waals surface area contributed by atoms with Gasteiger partial charge in [0.2, 0.25) is 0 Å². The van der Waals surface area contributed by atoms with Gasteiger partial charge in [0.15, 0.2) is 0 Å². The van der Waals surface area contributed by atoms with Crippen LogP contribution in [0.1, 0.15) is 21.8 Å². The Balaban J connectivity index is 1.74. The Morgan fingerprint density at radius 3 is 2.71 bits per heavy atom. The van der Waals surface area contributed by atoms with Crippen LogP contribution in [0.2, 0.25) is 0 Å². The molecule has 0 saturated carbocycles. The van der Waals surface area contributed by atoms with Crippen LogP contribution in [-0.2, 0) is 0 Å². The van der Waals surface area contributed by atoms with Crippen molar-refractivity contribution in [1.82, 2.24) is 20.1 Å². The number of H-pyrrole nitrogens is 2. The number of aryl methyl sites for hydroxylation is 2. The second kappa shape index (κ2) is 5.82. The molecule has 0 radical (unpaired) electrons. The number of aromatic amines is 2. The van der Waals surface area contributed by atoms with Gasteiger partial charge in [0.1, 0.15) is 11.4 Å². The van der Waals surface area contributed by atoms with Crippen molar-refractivity contribution in [1.29, 1.82) is 0 Å².